The van der Waals surface area contributed by atoms with E-state index in [4.69, 9.17) is 5.26 Å². The summed E-state index contributed by atoms with van der Waals surface area (Å²) in [5.41, 5.74) is -0.844. The molecule has 0 aliphatic carbocycles. The number of nitrogens with one attached hydrogen (secondary N) is 2. The molecule has 4 aromatic rings. The maximum absolute atomic E-state index is 12.5. The average Bonchev–Trinajstić information content (AvgIpc) is 2.68. The Morgan fingerprint density at radius 3 is 2.48 bits per heavy atom. The van der Waals surface area contributed by atoms with Gasteiger partial charge in [0.15, 0.2) is 0 Å². The minimum absolute atomic E-state index is 0.0858. The Labute approximate surface area is 150 Å². The van der Waals surface area contributed by atoms with Gasteiger partial charge in [-0.15, -0.1) is 5.10 Å². The third kappa shape index (κ3) is 2.71. The highest BCUT2D eigenvalue weighted by atomic mass is 16.2. The van der Waals surface area contributed by atoms with Crippen LogP contribution in [0.5, 0.6) is 0 Å². The Morgan fingerprint density at radius 2 is 1.67 bits per heavy atom. The summed E-state index contributed by atoms with van der Waals surface area (Å²) in [4.78, 5) is 45.5. The summed E-state index contributed by atoms with van der Waals surface area (Å²) < 4.78 is 0.867. The van der Waals surface area contributed by atoms with Crippen LogP contribution in [0.4, 0.5) is 0 Å². The first-order valence-electron chi connectivity index (χ1n) is 7.81. The zero-order chi connectivity index (χ0) is 19.0. The van der Waals surface area contributed by atoms with Crippen LogP contribution in [0.3, 0.4) is 0 Å². The molecular formula is C18H10N6O3. The second-order valence-electron chi connectivity index (χ2n) is 5.58. The lowest BCUT2D eigenvalue weighted by Gasteiger charge is -2.10. The van der Waals surface area contributed by atoms with Crippen LogP contribution >= 0.6 is 0 Å². The lowest BCUT2D eigenvalue weighted by molar-refractivity contribution is 0.741. The molecule has 9 nitrogen and oxygen atoms in total. The van der Waals surface area contributed by atoms with E-state index in [1.54, 1.807) is 54.6 Å². The molecule has 0 unspecified atom stereocenters. The molecule has 4 rings (SSSR count). The van der Waals surface area contributed by atoms with Crippen molar-refractivity contribution in [3.63, 3.8) is 0 Å². The van der Waals surface area contributed by atoms with Crippen molar-refractivity contribution in [1.29, 1.82) is 5.26 Å². The molecule has 0 spiro atoms. The van der Waals surface area contributed by atoms with E-state index in [2.05, 4.69) is 15.1 Å². The van der Waals surface area contributed by atoms with Gasteiger partial charge < -0.3 is 4.98 Å². The van der Waals surface area contributed by atoms with Crippen LogP contribution in [0.15, 0.2) is 62.9 Å². The molecule has 0 radical (unpaired) electrons. The highest BCUT2D eigenvalue weighted by Crippen LogP contribution is 2.22. The summed E-state index contributed by atoms with van der Waals surface area (Å²) in [5.74, 6) is 0. The van der Waals surface area contributed by atoms with Gasteiger partial charge in [0.1, 0.15) is 11.8 Å². The van der Waals surface area contributed by atoms with Crippen molar-refractivity contribution in [1.82, 2.24) is 24.7 Å². The highest BCUT2D eigenvalue weighted by molar-refractivity contribution is 5.78. The van der Waals surface area contributed by atoms with E-state index < -0.39 is 22.5 Å². The maximum atomic E-state index is 12.5. The summed E-state index contributed by atoms with van der Waals surface area (Å²) >= 11 is 0. The van der Waals surface area contributed by atoms with E-state index in [9.17, 15) is 14.4 Å². The topological polar surface area (TPSA) is 137 Å². The Bertz CT molecular complexity index is 1410. The number of aromatic amines is 2. The minimum atomic E-state index is -0.877. The molecule has 0 aliphatic heterocycles. The number of fused-ring (bicyclic) bond motifs is 1. The van der Waals surface area contributed by atoms with Gasteiger partial charge in [0, 0.05) is 5.56 Å². The summed E-state index contributed by atoms with van der Waals surface area (Å²) in [6.07, 6.45) is 0. The lowest BCUT2D eigenvalue weighted by Crippen LogP contribution is -2.33. The predicted molar refractivity (Wildman–Crippen MR) is 96.5 cm³/mol. The van der Waals surface area contributed by atoms with Crippen LogP contribution in [0.1, 0.15) is 5.69 Å². The molecule has 0 saturated carbocycles. The number of nitriles is 1. The molecule has 2 aromatic heterocycles. The molecule has 2 heterocycles. The monoisotopic (exact) mass is 358 g/mol. The fraction of sp³-hybridized carbons (Fsp3) is 0. The second-order valence-corrected chi connectivity index (χ2v) is 5.58. The van der Waals surface area contributed by atoms with Crippen LogP contribution in [0.2, 0.25) is 0 Å². The standard InChI is InChI=1S/C18H10N6O3/c19-9-13-16(25)22-18(27)24(23-13)14-8-4-1-5-10(14)15-17(26)21-12-7-3-2-6-11(12)20-15/h1-8H,(H,21,26)(H,22,25,27). The highest BCUT2D eigenvalue weighted by Gasteiger charge is 2.16. The van der Waals surface area contributed by atoms with Crippen LogP contribution in [-0.2, 0) is 0 Å². The van der Waals surface area contributed by atoms with Crippen molar-refractivity contribution in [2.24, 2.45) is 0 Å². The minimum Gasteiger partial charge on any atom is -0.319 e. The third-order valence-electron chi connectivity index (χ3n) is 3.92. The Kier molecular flexibility index (Phi) is 3.71. The van der Waals surface area contributed by atoms with Crippen molar-refractivity contribution < 1.29 is 0 Å². The SMILES string of the molecule is N#Cc1nn(-c2ccccc2-c2nc3ccccc3[nH]c2=O)c(=O)[nH]c1=O. The summed E-state index contributed by atoms with van der Waals surface area (Å²) in [6.45, 7) is 0. The van der Waals surface area contributed by atoms with Gasteiger partial charge in [0.25, 0.3) is 11.1 Å². The first kappa shape index (κ1) is 16.2. The molecule has 2 N–H and O–H groups in total. The van der Waals surface area contributed by atoms with Crippen LogP contribution in [0.25, 0.3) is 28.0 Å². The number of para-hydroxylation sites is 3. The molecule has 0 saturated heterocycles. The van der Waals surface area contributed by atoms with Gasteiger partial charge in [0.05, 0.1) is 16.7 Å². The normalized spacial score (nSPS) is 10.6. The number of benzene rings is 2. The molecule has 130 valence electrons. The van der Waals surface area contributed by atoms with Gasteiger partial charge >= 0.3 is 5.69 Å². The number of nitrogens with zero attached hydrogens (tertiary/aromatic N) is 4. The third-order valence-corrected chi connectivity index (χ3v) is 3.92. The number of rotatable bonds is 2. The molecule has 0 atom stereocenters. The molecule has 0 bridgehead atoms. The molecular weight excluding hydrogens is 348 g/mol. The second kappa shape index (κ2) is 6.20. The van der Waals surface area contributed by atoms with E-state index in [1.165, 1.54) is 0 Å². The van der Waals surface area contributed by atoms with Crippen molar-refractivity contribution in [2.75, 3.05) is 0 Å². The maximum Gasteiger partial charge on any atom is 0.349 e. The summed E-state index contributed by atoms with van der Waals surface area (Å²) in [5, 5.41) is 12.8. The van der Waals surface area contributed by atoms with Gasteiger partial charge in [-0.3, -0.25) is 14.6 Å². The van der Waals surface area contributed by atoms with Gasteiger partial charge in [-0.05, 0) is 18.2 Å². The molecule has 9 heteroatoms. The average molecular weight is 358 g/mol. The quantitative estimate of drug-likeness (QED) is 0.541. The molecule has 0 amide bonds. The molecule has 0 fully saturated rings. The van der Waals surface area contributed by atoms with Gasteiger partial charge in [-0.1, -0.05) is 30.3 Å². The van der Waals surface area contributed by atoms with E-state index in [0.717, 1.165) is 4.68 Å². The van der Waals surface area contributed by atoms with E-state index in [0.29, 0.717) is 16.6 Å². The van der Waals surface area contributed by atoms with Gasteiger partial charge in [-0.25, -0.2) is 9.78 Å². The van der Waals surface area contributed by atoms with Crippen molar-refractivity contribution in [3.05, 3.63) is 85.4 Å². The van der Waals surface area contributed by atoms with Crippen LogP contribution in [0, 0.1) is 11.3 Å². The Morgan fingerprint density at radius 1 is 0.926 bits per heavy atom. The zero-order valence-corrected chi connectivity index (χ0v) is 13.6. The van der Waals surface area contributed by atoms with Crippen LogP contribution < -0.4 is 16.8 Å². The molecule has 27 heavy (non-hydrogen) atoms. The molecule has 0 aliphatic rings. The number of aromatic nitrogens is 5. The number of H-pyrrole nitrogens is 2. The first-order valence-corrected chi connectivity index (χ1v) is 7.81. The van der Waals surface area contributed by atoms with Crippen LogP contribution in [-0.4, -0.2) is 24.7 Å². The summed E-state index contributed by atoms with van der Waals surface area (Å²) in [7, 11) is 0. The van der Waals surface area contributed by atoms with E-state index in [1.807, 2.05) is 4.98 Å². The lowest BCUT2D eigenvalue weighted by atomic mass is 10.1. The number of hydrogen-bond donors (Lipinski definition) is 2. The van der Waals surface area contributed by atoms with Crippen molar-refractivity contribution in [2.45, 2.75) is 0 Å². The van der Waals surface area contributed by atoms with E-state index >= 15 is 0 Å². The van der Waals surface area contributed by atoms with Gasteiger partial charge in [0.2, 0.25) is 5.69 Å². The fourth-order valence-electron chi connectivity index (χ4n) is 2.71. The number of hydrogen-bond acceptors (Lipinski definition) is 6. The molecule has 2 aromatic carbocycles. The first-order chi connectivity index (χ1) is 13.1. The smallest absolute Gasteiger partial charge is 0.319 e. The largest absolute Gasteiger partial charge is 0.349 e. The van der Waals surface area contributed by atoms with Gasteiger partial charge in [-0.2, -0.15) is 9.94 Å². The Hall–Kier alpha value is -4.32. The van der Waals surface area contributed by atoms with Crippen molar-refractivity contribution >= 4 is 11.0 Å². The Balaban J connectivity index is 2.03. The zero-order valence-electron chi connectivity index (χ0n) is 13.6. The summed E-state index contributed by atoms with van der Waals surface area (Å²) in [6, 6.07) is 15.1. The van der Waals surface area contributed by atoms with E-state index in [-0.39, 0.29) is 11.4 Å². The van der Waals surface area contributed by atoms with Crippen molar-refractivity contribution in [3.8, 4) is 23.0 Å². The fourth-order valence-corrected chi connectivity index (χ4v) is 2.71. The predicted octanol–water partition coefficient (Wildman–Crippen LogP) is 0.696.